The molecule has 0 aliphatic heterocycles. The summed E-state index contributed by atoms with van der Waals surface area (Å²) < 4.78 is 4.83. The van der Waals surface area contributed by atoms with E-state index in [1.165, 1.54) is 31.4 Å². The van der Waals surface area contributed by atoms with Crippen molar-refractivity contribution in [2.75, 3.05) is 5.75 Å². The van der Waals surface area contributed by atoms with Crippen LogP contribution in [0.3, 0.4) is 0 Å². The summed E-state index contributed by atoms with van der Waals surface area (Å²) in [6.07, 6.45) is 7.04. The fourth-order valence-electron chi connectivity index (χ4n) is 2.31. The standard InChI is InChI=1S/C12H20N2OS/c1-2-16-12-6-4-3-5-11(12)13-9-10-7-8-15-14-10/h7-8,11-13H,2-6,9H2,1H3/t11-,12+/m0/s1. The molecule has 0 amide bonds. The van der Waals surface area contributed by atoms with Gasteiger partial charge in [0.05, 0.1) is 5.69 Å². The summed E-state index contributed by atoms with van der Waals surface area (Å²) in [6, 6.07) is 2.58. The summed E-state index contributed by atoms with van der Waals surface area (Å²) in [7, 11) is 0. The Labute approximate surface area is 101 Å². The molecule has 16 heavy (non-hydrogen) atoms. The van der Waals surface area contributed by atoms with E-state index in [1.54, 1.807) is 6.26 Å². The molecule has 90 valence electrons. The molecule has 0 unspecified atom stereocenters. The minimum Gasteiger partial charge on any atom is -0.364 e. The Kier molecular flexibility index (Phi) is 4.72. The van der Waals surface area contributed by atoms with Crippen molar-refractivity contribution in [2.45, 2.75) is 50.4 Å². The van der Waals surface area contributed by atoms with Crippen LogP contribution in [0.15, 0.2) is 16.9 Å². The third-order valence-corrected chi connectivity index (χ3v) is 4.45. The van der Waals surface area contributed by atoms with Gasteiger partial charge in [0.2, 0.25) is 0 Å². The van der Waals surface area contributed by atoms with Crippen molar-refractivity contribution < 1.29 is 4.52 Å². The maximum absolute atomic E-state index is 4.83. The van der Waals surface area contributed by atoms with Gasteiger partial charge in [-0.2, -0.15) is 11.8 Å². The highest BCUT2D eigenvalue weighted by molar-refractivity contribution is 7.99. The van der Waals surface area contributed by atoms with Crippen LogP contribution in [-0.4, -0.2) is 22.2 Å². The van der Waals surface area contributed by atoms with Gasteiger partial charge in [0, 0.05) is 23.9 Å². The predicted octanol–water partition coefficient (Wildman–Crippen LogP) is 2.83. The monoisotopic (exact) mass is 240 g/mol. The fraction of sp³-hybridized carbons (Fsp3) is 0.750. The topological polar surface area (TPSA) is 38.1 Å². The van der Waals surface area contributed by atoms with Gasteiger partial charge in [-0.15, -0.1) is 0 Å². The first-order valence-corrected chi connectivity index (χ1v) is 7.19. The first-order valence-electron chi connectivity index (χ1n) is 6.14. The van der Waals surface area contributed by atoms with Crippen LogP contribution in [0.4, 0.5) is 0 Å². The van der Waals surface area contributed by atoms with E-state index in [-0.39, 0.29) is 0 Å². The van der Waals surface area contributed by atoms with Crippen molar-refractivity contribution in [2.24, 2.45) is 0 Å². The van der Waals surface area contributed by atoms with Crippen LogP contribution < -0.4 is 5.32 Å². The number of thioether (sulfide) groups is 1. The van der Waals surface area contributed by atoms with Gasteiger partial charge in [-0.25, -0.2) is 0 Å². The lowest BCUT2D eigenvalue weighted by atomic mass is 9.95. The molecular formula is C12H20N2OS. The second kappa shape index (κ2) is 6.30. The second-order valence-corrected chi connectivity index (χ2v) is 5.77. The minimum absolute atomic E-state index is 0.649. The summed E-state index contributed by atoms with van der Waals surface area (Å²) in [4.78, 5) is 0. The van der Waals surface area contributed by atoms with Gasteiger partial charge in [0.1, 0.15) is 6.26 Å². The third-order valence-electron chi connectivity index (χ3n) is 3.12. The maximum Gasteiger partial charge on any atom is 0.124 e. The van der Waals surface area contributed by atoms with E-state index in [0.29, 0.717) is 6.04 Å². The van der Waals surface area contributed by atoms with E-state index in [9.17, 15) is 0 Å². The summed E-state index contributed by atoms with van der Waals surface area (Å²) in [6.45, 7) is 3.08. The quantitative estimate of drug-likeness (QED) is 0.859. The van der Waals surface area contributed by atoms with E-state index in [4.69, 9.17) is 4.52 Å². The lowest BCUT2D eigenvalue weighted by molar-refractivity contribution is 0.369. The molecule has 0 aromatic carbocycles. The number of aromatic nitrogens is 1. The zero-order chi connectivity index (χ0) is 11.2. The van der Waals surface area contributed by atoms with Crippen molar-refractivity contribution in [3.8, 4) is 0 Å². The van der Waals surface area contributed by atoms with Gasteiger partial charge < -0.3 is 9.84 Å². The summed E-state index contributed by atoms with van der Waals surface area (Å²) in [5.74, 6) is 1.22. The van der Waals surface area contributed by atoms with Gasteiger partial charge >= 0.3 is 0 Å². The second-order valence-electron chi connectivity index (χ2n) is 4.26. The molecule has 2 atom stereocenters. The Morgan fingerprint density at radius 1 is 1.50 bits per heavy atom. The maximum atomic E-state index is 4.83. The predicted molar refractivity (Wildman–Crippen MR) is 67.5 cm³/mol. The first kappa shape index (κ1) is 12.0. The number of hydrogen-bond acceptors (Lipinski definition) is 4. The molecule has 1 saturated carbocycles. The van der Waals surface area contributed by atoms with E-state index in [2.05, 4.69) is 29.2 Å². The molecule has 0 spiro atoms. The Morgan fingerprint density at radius 2 is 2.38 bits per heavy atom. The van der Waals surface area contributed by atoms with Gasteiger partial charge in [-0.3, -0.25) is 0 Å². The average molecular weight is 240 g/mol. The van der Waals surface area contributed by atoms with Crippen LogP contribution in [0.1, 0.15) is 38.3 Å². The summed E-state index contributed by atoms with van der Waals surface area (Å²) in [5, 5.41) is 8.33. The minimum atomic E-state index is 0.649. The number of nitrogens with zero attached hydrogens (tertiary/aromatic N) is 1. The number of hydrogen-bond donors (Lipinski definition) is 1. The van der Waals surface area contributed by atoms with Crippen molar-refractivity contribution in [3.63, 3.8) is 0 Å². The van der Waals surface area contributed by atoms with Gasteiger partial charge in [-0.05, 0) is 18.6 Å². The Morgan fingerprint density at radius 3 is 3.12 bits per heavy atom. The van der Waals surface area contributed by atoms with E-state index < -0.39 is 0 Å². The van der Waals surface area contributed by atoms with Gasteiger partial charge in [0.15, 0.2) is 0 Å². The molecule has 0 bridgehead atoms. The SMILES string of the molecule is CCS[C@@H]1CCCC[C@@H]1NCc1ccon1. The van der Waals surface area contributed by atoms with Crippen LogP contribution in [0, 0.1) is 0 Å². The van der Waals surface area contributed by atoms with Gasteiger partial charge in [-0.1, -0.05) is 24.9 Å². The molecule has 1 aromatic heterocycles. The van der Waals surface area contributed by atoms with Crippen molar-refractivity contribution in [1.29, 1.82) is 0 Å². The molecule has 1 aliphatic rings. The zero-order valence-corrected chi connectivity index (χ0v) is 10.6. The molecule has 1 aromatic rings. The summed E-state index contributed by atoms with van der Waals surface area (Å²) >= 11 is 2.09. The summed E-state index contributed by atoms with van der Waals surface area (Å²) in [5.41, 5.74) is 1.01. The Hall–Kier alpha value is -0.480. The molecule has 3 nitrogen and oxygen atoms in total. The van der Waals surface area contributed by atoms with Crippen molar-refractivity contribution in [3.05, 3.63) is 18.0 Å². The first-order chi connectivity index (χ1) is 7.90. The van der Waals surface area contributed by atoms with E-state index in [0.717, 1.165) is 17.5 Å². The molecule has 4 heteroatoms. The van der Waals surface area contributed by atoms with E-state index >= 15 is 0 Å². The van der Waals surface area contributed by atoms with Crippen LogP contribution >= 0.6 is 11.8 Å². The zero-order valence-electron chi connectivity index (χ0n) is 9.82. The average Bonchev–Trinajstić information content (AvgIpc) is 2.81. The molecule has 0 saturated heterocycles. The molecule has 1 fully saturated rings. The largest absolute Gasteiger partial charge is 0.364 e. The Bertz CT molecular complexity index is 287. The number of nitrogens with one attached hydrogen (secondary N) is 1. The third kappa shape index (κ3) is 3.25. The van der Waals surface area contributed by atoms with Crippen molar-refractivity contribution in [1.82, 2.24) is 10.5 Å². The molecular weight excluding hydrogens is 220 g/mol. The van der Waals surface area contributed by atoms with Crippen LogP contribution in [0.5, 0.6) is 0 Å². The molecule has 1 N–H and O–H groups in total. The van der Waals surface area contributed by atoms with Gasteiger partial charge in [0.25, 0.3) is 0 Å². The smallest absolute Gasteiger partial charge is 0.124 e. The lowest BCUT2D eigenvalue weighted by Gasteiger charge is -2.31. The van der Waals surface area contributed by atoms with Crippen LogP contribution in [-0.2, 0) is 6.54 Å². The highest BCUT2D eigenvalue weighted by Gasteiger charge is 2.24. The molecule has 1 aliphatic carbocycles. The van der Waals surface area contributed by atoms with Crippen molar-refractivity contribution >= 4 is 11.8 Å². The normalized spacial score (nSPS) is 25.8. The highest BCUT2D eigenvalue weighted by atomic mass is 32.2. The Balaban J connectivity index is 1.81. The van der Waals surface area contributed by atoms with E-state index in [1.807, 2.05) is 6.07 Å². The molecule has 2 rings (SSSR count). The highest BCUT2D eigenvalue weighted by Crippen LogP contribution is 2.28. The fourth-order valence-corrected chi connectivity index (χ4v) is 3.53. The molecule has 1 heterocycles. The lowest BCUT2D eigenvalue weighted by Crippen LogP contribution is -2.40. The van der Waals surface area contributed by atoms with Crippen LogP contribution in [0.25, 0.3) is 0 Å². The van der Waals surface area contributed by atoms with Crippen LogP contribution in [0.2, 0.25) is 0 Å². The molecule has 0 radical (unpaired) electrons. The number of rotatable bonds is 5.